The van der Waals surface area contributed by atoms with Crippen LogP contribution in [0.4, 0.5) is 4.39 Å². The van der Waals surface area contributed by atoms with E-state index in [9.17, 15) is 4.39 Å². The van der Waals surface area contributed by atoms with Gasteiger partial charge in [0.15, 0.2) is 0 Å². The minimum atomic E-state index is -0.376. The lowest BCUT2D eigenvalue weighted by molar-refractivity contribution is 0.624. The van der Waals surface area contributed by atoms with E-state index in [-0.39, 0.29) is 16.8 Å². The van der Waals surface area contributed by atoms with Gasteiger partial charge >= 0.3 is 0 Å². The van der Waals surface area contributed by atoms with E-state index >= 15 is 0 Å². The molecule has 0 radical (unpaired) electrons. The van der Waals surface area contributed by atoms with Crippen molar-refractivity contribution in [3.8, 4) is 0 Å². The predicted molar refractivity (Wildman–Crippen MR) is 83.1 cm³/mol. The summed E-state index contributed by atoms with van der Waals surface area (Å²) in [7, 11) is 0. The topological polar surface area (TPSA) is 0 Å². The predicted octanol–water partition coefficient (Wildman–Crippen LogP) is 5.85. The van der Waals surface area contributed by atoms with E-state index in [1.807, 2.05) is 30.3 Å². The first-order chi connectivity index (χ1) is 9.11. The summed E-state index contributed by atoms with van der Waals surface area (Å²) in [5, 5.41) is 1.67. The van der Waals surface area contributed by atoms with Crippen LogP contribution in [0.5, 0.6) is 0 Å². The second-order valence-electron chi connectivity index (χ2n) is 4.32. The fraction of sp³-hybridized carbons (Fsp3) is 0.200. The third-order valence-electron chi connectivity index (χ3n) is 3.00. The Labute approximate surface area is 130 Å². The summed E-state index contributed by atoms with van der Waals surface area (Å²) in [4.78, 5) is 0. The minimum absolute atomic E-state index is 0.204. The maximum absolute atomic E-state index is 13.4. The second kappa shape index (κ2) is 6.74. The van der Waals surface area contributed by atoms with Gasteiger partial charge in [0.25, 0.3) is 0 Å². The van der Waals surface area contributed by atoms with Gasteiger partial charge in [0.2, 0.25) is 0 Å². The molecular formula is C15H12BrCl2F. The molecule has 0 saturated heterocycles. The Kier molecular flexibility index (Phi) is 5.26. The summed E-state index contributed by atoms with van der Waals surface area (Å²) < 4.78 is 13.4. The Morgan fingerprint density at radius 2 is 1.84 bits per heavy atom. The van der Waals surface area contributed by atoms with E-state index in [1.54, 1.807) is 6.07 Å². The van der Waals surface area contributed by atoms with Gasteiger partial charge in [-0.15, -0.1) is 0 Å². The quantitative estimate of drug-likeness (QED) is 0.599. The smallest absolute Gasteiger partial charge is 0.142 e. The van der Waals surface area contributed by atoms with Gasteiger partial charge in [0.1, 0.15) is 5.82 Å². The van der Waals surface area contributed by atoms with Crippen LogP contribution >= 0.6 is 39.1 Å². The third-order valence-corrected chi connectivity index (χ3v) is 4.44. The molecule has 2 rings (SSSR count). The molecule has 0 nitrogen and oxygen atoms in total. The van der Waals surface area contributed by atoms with Crippen molar-refractivity contribution in [2.24, 2.45) is 0 Å². The highest BCUT2D eigenvalue weighted by Gasteiger charge is 2.14. The van der Waals surface area contributed by atoms with Crippen LogP contribution in [-0.2, 0) is 6.42 Å². The van der Waals surface area contributed by atoms with Crippen LogP contribution in [0.15, 0.2) is 42.5 Å². The van der Waals surface area contributed by atoms with E-state index in [0.29, 0.717) is 11.4 Å². The Hall–Kier alpha value is -0.570. The van der Waals surface area contributed by atoms with Gasteiger partial charge in [0, 0.05) is 10.4 Å². The number of hydrogen-bond donors (Lipinski definition) is 0. The molecule has 0 aliphatic carbocycles. The fourth-order valence-electron chi connectivity index (χ4n) is 1.99. The normalized spacial score (nSPS) is 12.4. The second-order valence-corrected chi connectivity index (χ2v) is 5.79. The number of benzene rings is 2. The van der Waals surface area contributed by atoms with Crippen molar-refractivity contribution < 1.29 is 4.39 Å². The molecule has 4 heteroatoms. The van der Waals surface area contributed by atoms with Gasteiger partial charge in [-0.05, 0) is 41.7 Å². The molecule has 0 fully saturated rings. The van der Waals surface area contributed by atoms with Crippen LogP contribution in [-0.4, -0.2) is 5.33 Å². The number of halogens is 4. The Morgan fingerprint density at radius 1 is 1.11 bits per heavy atom. The van der Waals surface area contributed by atoms with Crippen LogP contribution in [0.3, 0.4) is 0 Å². The van der Waals surface area contributed by atoms with Gasteiger partial charge in [-0.1, -0.05) is 63.4 Å². The van der Waals surface area contributed by atoms with E-state index in [0.717, 1.165) is 16.5 Å². The summed E-state index contributed by atoms with van der Waals surface area (Å²) in [5.41, 5.74) is 1.93. The standard InChI is InChI=1S/C15H12BrCl2F/c16-9-12(10-3-1-5-13(17)8-10)7-11-4-2-6-14(19)15(11)18/h1-6,8,12H,7,9H2. The van der Waals surface area contributed by atoms with Crippen molar-refractivity contribution in [2.75, 3.05) is 5.33 Å². The lowest BCUT2D eigenvalue weighted by atomic mass is 9.93. The molecular weight excluding hydrogens is 350 g/mol. The van der Waals surface area contributed by atoms with Crippen molar-refractivity contribution in [3.05, 3.63) is 69.5 Å². The van der Waals surface area contributed by atoms with E-state index < -0.39 is 0 Å². The maximum Gasteiger partial charge on any atom is 0.142 e. The Balaban J connectivity index is 2.26. The molecule has 0 saturated carbocycles. The molecule has 0 aromatic heterocycles. The van der Waals surface area contributed by atoms with Crippen LogP contribution in [0.1, 0.15) is 17.0 Å². The van der Waals surface area contributed by atoms with Crippen molar-refractivity contribution in [1.29, 1.82) is 0 Å². The first-order valence-electron chi connectivity index (χ1n) is 5.86. The lowest BCUT2D eigenvalue weighted by Crippen LogP contribution is -2.05. The van der Waals surface area contributed by atoms with Crippen LogP contribution in [0.2, 0.25) is 10.0 Å². The van der Waals surface area contributed by atoms with Crippen molar-refractivity contribution in [3.63, 3.8) is 0 Å². The zero-order valence-electron chi connectivity index (χ0n) is 10.0. The first-order valence-corrected chi connectivity index (χ1v) is 7.74. The highest BCUT2D eigenvalue weighted by atomic mass is 79.9. The van der Waals surface area contributed by atoms with Gasteiger partial charge in [-0.25, -0.2) is 4.39 Å². The van der Waals surface area contributed by atoms with Crippen LogP contribution in [0.25, 0.3) is 0 Å². The van der Waals surface area contributed by atoms with Gasteiger partial charge in [-0.3, -0.25) is 0 Å². The van der Waals surface area contributed by atoms with Gasteiger partial charge in [0.05, 0.1) is 5.02 Å². The number of alkyl halides is 1. The highest BCUT2D eigenvalue weighted by Crippen LogP contribution is 2.29. The molecule has 0 aliphatic heterocycles. The molecule has 2 aromatic carbocycles. The number of hydrogen-bond acceptors (Lipinski definition) is 0. The lowest BCUT2D eigenvalue weighted by Gasteiger charge is -2.16. The fourth-order valence-corrected chi connectivity index (χ4v) is 3.00. The van der Waals surface area contributed by atoms with E-state index in [2.05, 4.69) is 15.9 Å². The average molecular weight is 362 g/mol. The molecule has 2 aromatic rings. The number of rotatable bonds is 4. The maximum atomic E-state index is 13.4. The van der Waals surface area contributed by atoms with Crippen molar-refractivity contribution >= 4 is 39.1 Å². The molecule has 1 atom stereocenters. The molecule has 0 bridgehead atoms. The zero-order valence-corrected chi connectivity index (χ0v) is 13.1. The van der Waals surface area contributed by atoms with Gasteiger partial charge in [-0.2, -0.15) is 0 Å². The molecule has 100 valence electrons. The summed E-state index contributed by atoms with van der Waals surface area (Å²) >= 11 is 15.5. The molecule has 0 amide bonds. The average Bonchev–Trinajstić information content (AvgIpc) is 2.40. The molecule has 0 spiro atoms. The van der Waals surface area contributed by atoms with E-state index in [4.69, 9.17) is 23.2 Å². The summed E-state index contributed by atoms with van der Waals surface area (Å²) in [6.45, 7) is 0. The van der Waals surface area contributed by atoms with Crippen LogP contribution in [0, 0.1) is 5.82 Å². The van der Waals surface area contributed by atoms with Crippen molar-refractivity contribution in [1.82, 2.24) is 0 Å². The molecule has 1 unspecified atom stereocenters. The minimum Gasteiger partial charge on any atom is -0.205 e. The van der Waals surface area contributed by atoms with Crippen LogP contribution < -0.4 is 0 Å². The summed E-state index contributed by atoms with van der Waals surface area (Å²) in [6.07, 6.45) is 0.669. The molecule has 19 heavy (non-hydrogen) atoms. The van der Waals surface area contributed by atoms with Crippen molar-refractivity contribution in [2.45, 2.75) is 12.3 Å². The zero-order chi connectivity index (χ0) is 13.8. The molecule has 0 heterocycles. The Bertz CT molecular complexity index is 572. The summed E-state index contributed by atoms with van der Waals surface area (Å²) in [6, 6.07) is 12.6. The monoisotopic (exact) mass is 360 g/mol. The summed E-state index contributed by atoms with van der Waals surface area (Å²) in [5.74, 6) is -0.170. The third kappa shape index (κ3) is 3.71. The Morgan fingerprint density at radius 3 is 2.53 bits per heavy atom. The SMILES string of the molecule is Fc1cccc(CC(CBr)c2cccc(Cl)c2)c1Cl. The molecule has 0 aliphatic rings. The van der Waals surface area contributed by atoms with Gasteiger partial charge < -0.3 is 0 Å². The largest absolute Gasteiger partial charge is 0.205 e. The molecule has 0 N–H and O–H groups in total. The van der Waals surface area contributed by atoms with E-state index in [1.165, 1.54) is 6.07 Å². The highest BCUT2D eigenvalue weighted by molar-refractivity contribution is 9.09. The first kappa shape index (κ1) is 14.8.